The average molecular weight is 289 g/mol. The summed E-state index contributed by atoms with van der Waals surface area (Å²) in [7, 11) is 0. The zero-order valence-electron chi connectivity index (χ0n) is 10.6. The molecule has 1 unspecified atom stereocenters. The van der Waals surface area contributed by atoms with Crippen LogP contribution in [0.1, 0.15) is 17.2 Å². The van der Waals surface area contributed by atoms with E-state index < -0.39 is 11.6 Å². The van der Waals surface area contributed by atoms with Crippen LogP contribution in [0.3, 0.4) is 0 Å². The van der Waals surface area contributed by atoms with E-state index in [1.165, 1.54) is 12.1 Å². The van der Waals surface area contributed by atoms with Crippen LogP contribution in [0.4, 0.5) is 8.78 Å². The molecule has 102 valence electrons. The van der Waals surface area contributed by atoms with Crippen LogP contribution in [-0.4, -0.2) is 0 Å². The number of benzene rings is 2. The number of halogens is 2. The fourth-order valence-electron chi connectivity index (χ4n) is 2.40. The Bertz CT molecular complexity index is 731. The Labute approximate surface area is 119 Å². The van der Waals surface area contributed by atoms with Crippen molar-refractivity contribution in [1.82, 2.24) is 0 Å². The van der Waals surface area contributed by atoms with Crippen molar-refractivity contribution < 1.29 is 8.78 Å². The lowest BCUT2D eigenvalue weighted by atomic mass is 9.98. The molecule has 0 amide bonds. The zero-order chi connectivity index (χ0) is 14.1. The average Bonchev–Trinajstić information content (AvgIpc) is 2.85. The maximum absolute atomic E-state index is 13.2. The molecule has 0 bridgehead atoms. The Morgan fingerprint density at radius 2 is 1.80 bits per heavy atom. The van der Waals surface area contributed by atoms with Crippen LogP contribution < -0.4 is 5.73 Å². The summed E-state index contributed by atoms with van der Waals surface area (Å²) in [5, 5.41) is 3.16. The lowest BCUT2D eigenvalue weighted by molar-refractivity contribution is 0.576. The van der Waals surface area contributed by atoms with Crippen LogP contribution in [-0.2, 0) is 6.42 Å². The first-order chi connectivity index (χ1) is 9.63. The Morgan fingerprint density at radius 3 is 2.55 bits per heavy atom. The minimum absolute atomic E-state index is 0.279. The second-order valence-electron chi connectivity index (χ2n) is 4.77. The van der Waals surface area contributed by atoms with Crippen molar-refractivity contribution in [3.05, 3.63) is 70.6 Å². The summed E-state index contributed by atoms with van der Waals surface area (Å²) in [4.78, 5) is 0. The Morgan fingerprint density at radius 1 is 1.05 bits per heavy atom. The molecule has 2 aromatic carbocycles. The van der Waals surface area contributed by atoms with Gasteiger partial charge in [0, 0.05) is 16.8 Å². The fraction of sp³-hybridized carbons (Fsp3) is 0.125. The summed E-state index contributed by atoms with van der Waals surface area (Å²) in [6.07, 6.45) is 0.408. The lowest BCUT2D eigenvalue weighted by Crippen LogP contribution is -2.13. The molecule has 1 atom stereocenters. The monoisotopic (exact) mass is 289 g/mol. The Balaban J connectivity index is 1.92. The molecule has 0 fully saturated rings. The van der Waals surface area contributed by atoms with Crippen molar-refractivity contribution in [2.24, 2.45) is 5.73 Å². The van der Waals surface area contributed by atoms with Crippen LogP contribution in [0.5, 0.6) is 0 Å². The molecular formula is C16H13F2NS. The van der Waals surface area contributed by atoms with Gasteiger partial charge in [-0.15, -0.1) is 11.3 Å². The van der Waals surface area contributed by atoms with Gasteiger partial charge in [-0.3, -0.25) is 0 Å². The van der Waals surface area contributed by atoms with Gasteiger partial charge in [0.1, 0.15) is 11.6 Å². The van der Waals surface area contributed by atoms with Crippen molar-refractivity contribution in [3.8, 4) is 0 Å². The van der Waals surface area contributed by atoms with Crippen LogP contribution in [0.2, 0.25) is 0 Å². The second-order valence-corrected chi connectivity index (χ2v) is 5.69. The molecule has 3 aromatic rings. The molecule has 4 heteroatoms. The molecule has 0 saturated heterocycles. The van der Waals surface area contributed by atoms with Gasteiger partial charge in [0.2, 0.25) is 0 Å². The van der Waals surface area contributed by atoms with Gasteiger partial charge in [-0.2, -0.15) is 0 Å². The standard InChI is InChI=1S/C16H13F2NS/c17-12-6-10(7-13(18)9-12)8-15(19)14-3-1-2-11-4-5-20-16(11)14/h1-7,9,15H,8,19H2. The molecule has 3 rings (SSSR count). The van der Waals surface area contributed by atoms with E-state index in [4.69, 9.17) is 5.73 Å². The number of thiophene rings is 1. The largest absolute Gasteiger partial charge is 0.324 e. The van der Waals surface area contributed by atoms with Crippen LogP contribution >= 0.6 is 11.3 Å². The maximum atomic E-state index is 13.2. The van der Waals surface area contributed by atoms with Gasteiger partial charge < -0.3 is 5.73 Å². The molecular weight excluding hydrogens is 276 g/mol. The second kappa shape index (κ2) is 5.31. The topological polar surface area (TPSA) is 26.0 Å². The minimum atomic E-state index is -0.568. The first-order valence-corrected chi connectivity index (χ1v) is 7.18. The molecule has 0 aliphatic rings. The highest BCUT2D eigenvalue weighted by Crippen LogP contribution is 2.29. The van der Waals surface area contributed by atoms with Crippen LogP contribution in [0.25, 0.3) is 10.1 Å². The molecule has 20 heavy (non-hydrogen) atoms. The van der Waals surface area contributed by atoms with Crippen molar-refractivity contribution in [3.63, 3.8) is 0 Å². The van der Waals surface area contributed by atoms with E-state index in [1.807, 2.05) is 29.6 Å². The van der Waals surface area contributed by atoms with Gasteiger partial charge in [-0.25, -0.2) is 8.78 Å². The highest BCUT2D eigenvalue weighted by molar-refractivity contribution is 7.17. The van der Waals surface area contributed by atoms with Crippen molar-refractivity contribution in [2.45, 2.75) is 12.5 Å². The molecule has 0 aliphatic heterocycles. The number of fused-ring (bicyclic) bond motifs is 1. The summed E-state index contributed by atoms with van der Waals surface area (Å²) in [5.74, 6) is -1.14. The highest BCUT2D eigenvalue weighted by atomic mass is 32.1. The van der Waals surface area contributed by atoms with E-state index in [9.17, 15) is 8.78 Å². The predicted octanol–water partition coefficient (Wildman–Crippen LogP) is 4.42. The molecule has 1 nitrogen and oxygen atoms in total. The zero-order valence-corrected chi connectivity index (χ0v) is 11.5. The maximum Gasteiger partial charge on any atom is 0.126 e. The van der Waals surface area contributed by atoms with Crippen molar-refractivity contribution in [1.29, 1.82) is 0 Å². The summed E-state index contributed by atoms with van der Waals surface area (Å²) < 4.78 is 27.5. The quantitative estimate of drug-likeness (QED) is 0.758. The minimum Gasteiger partial charge on any atom is -0.324 e. The van der Waals surface area contributed by atoms with Gasteiger partial charge in [0.15, 0.2) is 0 Å². The van der Waals surface area contributed by atoms with Crippen molar-refractivity contribution >= 4 is 21.4 Å². The molecule has 0 aliphatic carbocycles. The van der Waals surface area contributed by atoms with Gasteiger partial charge in [-0.1, -0.05) is 18.2 Å². The third-order valence-corrected chi connectivity index (χ3v) is 4.27. The van der Waals surface area contributed by atoms with E-state index in [2.05, 4.69) is 0 Å². The smallest absolute Gasteiger partial charge is 0.126 e. The van der Waals surface area contributed by atoms with E-state index >= 15 is 0 Å². The Kier molecular flexibility index (Phi) is 3.51. The van der Waals surface area contributed by atoms with E-state index in [0.29, 0.717) is 12.0 Å². The van der Waals surface area contributed by atoms with E-state index in [1.54, 1.807) is 11.3 Å². The predicted molar refractivity (Wildman–Crippen MR) is 78.8 cm³/mol. The number of rotatable bonds is 3. The third kappa shape index (κ3) is 2.57. The van der Waals surface area contributed by atoms with Crippen LogP contribution in [0, 0.1) is 11.6 Å². The lowest BCUT2D eigenvalue weighted by Gasteiger charge is -2.13. The Hall–Kier alpha value is -1.78. The number of hydrogen-bond acceptors (Lipinski definition) is 2. The summed E-state index contributed by atoms with van der Waals surface area (Å²) in [6, 6.07) is 11.3. The highest BCUT2D eigenvalue weighted by Gasteiger charge is 2.12. The molecule has 1 heterocycles. The van der Waals surface area contributed by atoms with Crippen molar-refractivity contribution in [2.75, 3.05) is 0 Å². The molecule has 0 saturated carbocycles. The van der Waals surface area contributed by atoms with Gasteiger partial charge in [0.05, 0.1) is 0 Å². The van der Waals surface area contributed by atoms with Gasteiger partial charge in [-0.05, 0) is 46.5 Å². The first kappa shape index (κ1) is 13.2. The molecule has 1 aromatic heterocycles. The summed E-state index contributed by atoms with van der Waals surface area (Å²) in [6.45, 7) is 0. The number of nitrogens with two attached hydrogens (primary N) is 1. The van der Waals surface area contributed by atoms with E-state index in [-0.39, 0.29) is 6.04 Å². The van der Waals surface area contributed by atoms with Crippen LogP contribution in [0.15, 0.2) is 47.8 Å². The van der Waals surface area contributed by atoms with Gasteiger partial charge >= 0.3 is 0 Å². The number of hydrogen-bond donors (Lipinski definition) is 1. The third-order valence-electron chi connectivity index (χ3n) is 3.29. The molecule has 0 radical (unpaired) electrons. The normalized spacial score (nSPS) is 12.8. The van der Waals surface area contributed by atoms with E-state index in [0.717, 1.165) is 21.7 Å². The molecule has 0 spiro atoms. The fourth-order valence-corrected chi connectivity index (χ4v) is 3.38. The summed E-state index contributed by atoms with van der Waals surface area (Å²) in [5.41, 5.74) is 7.80. The molecule has 2 N–H and O–H groups in total. The first-order valence-electron chi connectivity index (χ1n) is 6.30. The summed E-state index contributed by atoms with van der Waals surface area (Å²) >= 11 is 1.63. The van der Waals surface area contributed by atoms with Gasteiger partial charge in [0.25, 0.3) is 0 Å². The SMILES string of the molecule is NC(Cc1cc(F)cc(F)c1)c1cccc2ccsc12.